The van der Waals surface area contributed by atoms with Gasteiger partial charge in [0.15, 0.2) is 12.1 Å². The van der Waals surface area contributed by atoms with E-state index in [0.717, 1.165) is 12.0 Å². The van der Waals surface area contributed by atoms with Gasteiger partial charge in [-0.05, 0) is 32.3 Å². The first kappa shape index (κ1) is 24.7. The fourth-order valence-electron chi connectivity index (χ4n) is 4.21. The van der Waals surface area contributed by atoms with Crippen molar-refractivity contribution in [2.45, 2.75) is 109 Å². The van der Waals surface area contributed by atoms with E-state index in [1.165, 1.54) is 44.9 Å². The molecule has 0 bridgehead atoms. The molecule has 2 fully saturated rings. The number of ether oxygens (including phenoxy) is 4. The molecule has 0 aromatic heterocycles. The number of carbonyl (C=O) groups excluding carboxylic acids is 1. The van der Waals surface area contributed by atoms with Gasteiger partial charge in [-0.25, -0.2) is 4.79 Å². The molecule has 6 nitrogen and oxygen atoms in total. The van der Waals surface area contributed by atoms with Crippen LogP contribution >= 0.6 is 0 Å². The van der Waals surface area contributed by atoms with Crippen LogP contribution in [0.2, 0.25) is 0 Å². The normalized spacial score (nSPS) is 26.3. The van der Waals surface area contributed by atoms with Gasteiger partial charge < -0.3 is 24.3 Å². The summed E-state index contributed by atoms with van der Waals surface area (Å²) in [6.45, 7) is 6.16. The lowest BCUT2D eigenvalue weighted by molar-refractivity contribution is -0.202. The van der Waals surface area contributed by atoms with Crippen molar-refractivity contribution in [3.63, 3.8) is 0 Å². The summed E-state index contributed by atoms with van der Waals surface area (Å²) in [6, 6.07) is 9.26. The van der Waals surface area contributed by atoms with Gasteiger partial charge in [0.1, 0.15) is 18.8 Å². The Bertz CT molecular complexity index is 720. The molecule has 1 N–H and O–H groups in total. The fourth-order valence-corrected chi connectivity index (χ4v) is 4.21. The number of rotatable bonds is 12. The average molecular weight is 446 g/mol. The first-order valence-corrected chi connectivity index (χ1v) is 12.1. The van der Waals surface area contributed by atoms with Crippen LogP contribution in [0.4, 0.5) is 4.79 Å². The third-order valence-corrected chi connectivity index (χ3v) is 5.88. The van der Waals surface area contributed by atoms with E-state index < -0.39 is 18.2 Å². The minimum absolute atomic E-state index is 0.218. The van der Waals surface area contributed by atoms with Gasteiger partial charge in [0, 0.05) is 0 Å². The van der Waals surface area contributed by atoms with Crippen LogP contribution in [-0.4, -0.2) is 36.4 Å². The van der Waals surface area contributed by atoms with Gasteiger partial charge in [-0.3, -0.25) is 0 Å². The minimum Gasteiger partial charge on any atom is -0.445 e. The van der Waals surface area contributed by atoms with E-state index in [1.807, 2.05) is 50.3 Å². The second kappa shape index (κ2) is 12.4. The zero-order valence-corrected chi connectivity index (χ0v) is 19.8. The Labute approximate surface area is 192 Å². The maximum Gasteiger partial charge on any atom is 0.407 e. The van der Waals surface area contributed by atoms with Crippen molar-refractivity contribution in [3.8, 4) is 0 Å². The van der Waals surface area contributed by atoms with Gasteiger partial charge in [0.05, 0.1) is 6.04 Å². The number of benzene rings is 1. The number of hydrogen-bond acceptors (Lipinski definition) is 5. The number of carbonyl (C=O) groups is 1. The first-order chi connectivity index (χ1) is 15.5. The van der Waals surface area contributed by atoms with Gasteiger partial charge in [-0.1, -0.05) is 87.9 Å². The molecule has 4 atom stereocenters. The highest BCUT2D eigenvalue weighted by Gasteiger charge is 2.54. The second-order valence-corrected chi connectivity index (χ2v) is 9.14. The van der Waals surface area contributed by atoms with E-state index in [9.17, 15) is 4.79 Å². The molecule has 2 saturated heterocycles. The minimum atomic E-state index is -0.740. The lowest BCUT2D eigenvalue weighted by atomic mass is 10.1. The largest absolute Gasteiger partial charge is 0.445 e. The molecule has 32 heavy (non-hydrogen) atoms. The summed E-state index contributed by atoms with van der Waals surface area (Å²) in [5, 5.41) is 2.95. The Morgan fingerprint density at radius 2 is 1.78 bits per heavy atom. The van der Waals surface area contributed by atoms with Crippen LogP contribution in [0.3, 0.4) is 0 Å². The molecule has 1 aromatic carbocycles. The summed E-state index contributed by atoms with van der Waals surface area (Å²) in [7, 11) is 0. The topological polar surface area (TPSA) is 66.0 Å². The molecule has 0 radical (unpaired) electrons. The van der Waals surface area contributed by atoms with Crippen molar-refractivity contribution >= 4 is 6.09 Å². The predicted molar refractivity (Wildman–Crippen MR) is 124 cm³/mol. The van der Waals surface area contributed by atoms with E-state index in [2.05, 4.69) is 18.3 Å². The van der Waals surface area contributed by atoms with Gasteiger partial charge in [0.2, 0.25) is 0 Å². The molecule has 0 unspecified atom stereocenters. The molecule has 2 aliphatic rings. The molecule has 3 rings (SSSR count). The molecular weight excluding hydrogens is 406 g/mol. The summed E-state index contributed by atoms with van der Waals surface area (Å²) in [5.74, 6) is -0.740. The van der Waals surface area contributed by atoms with Gasteiger partial charge in [-0.15, -0.1) is 0 Å². The van der Waals surface area contributed by atoms with Crippen LogP contribution in [-0.2, 0) is 25.6 Å². The highest BCUT2D eigenvalue weighted by atomic mass is 16.8. The number of allylic oxidation sites excluding steroid dienone is 1. The quantitative estimate of drug-likeness (QED) is 0.323. The smallest absolute Gasteiger partial charge is 0.407 e. The summed E-state index contributed by atoms with van der Waals surface area (Å²) in [4.78, 5) is 12.5. The van der Waals surface area contributed by atoms with Crippen LogP contribution < -0.4 is 5.32 Å². The first-order valence-electron chi connectivity index (χ1n) is 12.1. The van der Waals surface area contributed by atoms with Crippen molar-refractivity contribution in [2.24, 2.45) is 0 Å². The lowest BCUT2D eigenvalue weighted by Gasteiger charge is -2.25. The monoisotopic (exact) mass is 445 g/mol. The summed E-state index contributed by atoms with van der Waals surface area (Å²) in [6.07, 6.45) is 12.5. The zero-order valence-electron chi connectivity index (χ0n) is 19.8. The van der Waals surface area contributed by atoms with E-state index in [-0.39, 0.29) is 24.9 Å². The van der Waals surface area contributed by atoms with Crippen LogP contribution in [0.15, 0.2) is 42.5 Å². The van der Waals surface area contributed by atoms with Crippen molar-refractivity contribution < 1.29 is 23.7 Å². The molecule has 1 amide bonds. The van der Waals surface area contributed by atoms with Crippen molar-refractivity contribution in [1.82, 2.24) is 5.32 Å². The third-order valence-electron chi connectivity index (χ3n) is 5.88. The van der Waals surface area contributed by atoms with Crippen LogP contribution in [0, 0.1) is 0 Å². The maximum absolute atomic E-state index is 12.5. The molecule has 2 aliphatic heterocycles. The highest BCUT2D eigenvalue weighted by Crippen LogP contribution is 2.37. The van der Waals surface area contributed by atoms with E-state index in [4.69, 9.17) is 18.9 Å². The van der Waals surface area contributed by atoms with Gasteiger partial charge >= 0.3 is 6.09 Å². The summed E-state index contributed by atoms with van der Waals surface area (Å²) < 4.78 is 23.4. The SMILES string of the molecule is CCCCCCCCC/C=C\[C@H]1O[C@@H]2OC(C)(C)O[C@@H]2[C@H]1NC(=O)OCc1ccccc1. The van der Waals surface area contributed by atoms with Crippen LogP contribution in [0.25, 0.3) is 0 Å². The van der Waals surface area contributed by atoms with Gasteiger partial charge in [-0.2, -0.15) is 0 Å². The Balaban J connectivity index is 1.47. The Hall–Kier alpha value is -1.89. The van der Waals surface area contributed by atoms with Crippen LogP contribution in [0.1, 0.15) is 77.7 Å². The third kappa shape index (κ3) is 7.61. The number of nitrogens with one attached hydrogen (secondary N) is 1. The maximum atomic E-state index is 12.5. The van der Waals surface area contributed by atoms with Crippen molar-refractivity contribution in [2.75, 3.05) is 0 Å². The zero-order chi connectivity index (χ0) is 22.8. The van der Waals surface area contributed by atoms with Crippen molar-refractivity contribution in [3.05, 3.63) is 48.0 Å². The molecule has 0 saturated carbocycles. The fraction of sp³-hybridized carbons (Fsp3) is 0.654. The molecule has 2 heterocycles. The molecule has 1 aromatic rings. The Kier molecular flexibility index (Phi) is 9.57. The number of unbranched alkanes of at least 4 members (excludes halogenated alkanes) is 7. The Morgan fingerprint density at radius 1 is 1.06 bits per heavy atom. The van der Waals surface area contributed by atoms with E-state index in [1.54, 1.807) is 0 Å². The average Bonchev–Trinajstić information content (AvgIpc) is 3.23. The number of alkyl carbamates (subject to hydrolysis) is 1. The number of amides is 1. The molecule has 0 spiro atoms. The predicted octanol–water partition coefficient (Wildman–Crippen LogP) is 5.85. The molecular formula is C26H39NO5. The number of hydrogen-bond donors (Lipinski definition) is 1. The van der Waals surface area contributed by atoms with E-state index in [0.29, 0.717) is 0 Å². The van der Waals surface area contributed by atoms with E-state index >= 15 is 0 Å². The van der Waals surface area contributed by atoms with Crippen LogP contribution in [0.5, 0.6) is 0 Å². The molecule has 0 aliphatic carbocycles. The lowest BCUT2D eigenvalue weighted by Crippen LogP contribution is -2.48. The van der Waals surface area contributed by atoms with Crippen molar-refractivity contribution in [1.29, 1.82) is 0 Å². The second-order valence-electron chi connectivity index (χ2n) is 9.14. The highest BCUT2D eigenvalue weighted by molar-refractivity contribution is 5.68. The summed E-state index contributed by atoms with van der Waals surface area (Å²) >= 11 is 0. The van der Waals surface area contributed by atoms with Gasteiger partial charge in [0.25, 0.3) is 0 Å². The standard InChI is InChI=1S/C26H39NO5/c1-4-5-6-7-8-9-10-11-15-18-21-22(23-24(30-21)32-26(2,3)31-23)27-25(28)29-19-20-16-13-12-14-17-20/h12-18,21-24H,4-11,19H2,1-3H3,(H,27,28)/b18-15-/t21-,22+,23-,24-/m1/s1. The Morgan fingerprint density at radius 3 is 2.53 bits per heavy atom. The summed E-state index contributed by atoms with van der Waals surface area (Å²) in [5.41, 5.74) is 0.941. The molecule has 178 valence electrons. The number of fused-ring (bicyclic) bond motifs is 1. The molecule has 6 heteroatoms.